The number of rotatable bonds is 18. The van der Waals surface area contributed by atoms with Gasteiger partial charge in [-0.25, -0.2) is 16.8 Å². The summed E-state index contributed by atoms with van der Waals surface area (Å²) in [6.45, 7) is 2.24. The number of methoxy groups -OCH3 is 4. The Morgan fingerprint density at radius 1 is 0.545 bits per heavy atom. The average Bonchev–Trinajstić information content (AvgIpc) is 4.17. The number of aryl methyl sites for hydroxylation is 2. The van der Waals surface area contributed by atoms with Gasteiger partial charge in [-0.15, -0.1) is 20.4 Å². The van der Waals surface area contributed by atoms with Crippen molar-refractivity contribution in [2.75, 3.05) is 66.4 Å². The number of sulfone groups is 2. The van der Waals surface area contributed by atoms with Gasteiger partial charge in [0.25, 0.3) is 0 Å². The van der Waals surface area contributed by atoms with Crippen LogP contribution in [0.4, 0.5) is 0 Å². The monoisotopic (exact) mass is 982 g/mol. The second-order valence-corrected chi connectivity index (χ2v) is 20.9. The molecule has 4 aromatic carbocycles. The van der Waals surface area contributed by atoms with Crippen LogP contribution >= 0.6 is 23.2 Å². The summed E-state index contributed by atoms with van der Waals surface area (Å²) in [6, 6.07) is 25.2. The van der Waals surface area contributed by atoms with E-state index in [1.165, 1.54) is 0 Å². The lowest BCUT2D eigenvalue weighted by Crippen LogP contribution is -2.17. The summed E-state index contributed by atoms with van der Waals surface area (Å²) in [6.07, 6.45) is 2.32. The molecule has 0 N–H and O–H groups in total. The van der Waals surface area contributed by atoms with Crippen LogP contribution in [-0.4, -0.2) is 113 Å². The van der Waals surface area contributed by atoms with Crippen LogP contribution < -0.4 is 18.9 Å². The van der Waals surface area contributed by atoms with Gasteiger partial charge in [0.2, 0.25) is 0 Å². The molecule has 0 unspecified atom stereocenters. The predicted octanol–water partition coefficient (Wildman–Crippen LogP) is 7.20. The minimum Gasteiger partial charge on any atom is -0.494 e. The summed E-state index contributed by atoms with van der Waals surface area (Å²) in [5, 5.41) is 18.6. The molecule has 352 valence electrons. The number of hydrogen-bond acceptors (Lipinski definition) is 14. The van der Waals surface area contributed by atoms with Crippen LogP contribution in [0.25, 0.3) is 11.4 Å². The molecule has 2 aliphatic rings. The summed E-state index contributed by atoms with van der Waals surface area (Å²) in [5.41, 5.74) is 2.97. The molecule has 2 aromatic heterocycles. The molecule has 0 bridgehead atoms. The Bertz CT molecular complexity index is 2560. The third-order valence-electron chi connectivity index (χ3n) is 11.3. The first kappa shape index (κ1) is 48.7. The molecular formula is C46H52Cl2N6O10S2. The molecule has 0 amide bonds. The number of hydrogen-bond donors (Lipinski definition) is 0. The predicted molar refractivity (Wildman–Crippen MR) is 251 cm³/mol. The Hall–Kier alpha value is -5.24. The third kappa shape index (κ3) is 11.8. The lowest BCUT2D eigenvalue weighted by molar-refractivity contribution is 0.193. The molecule has 8 rings (SSSR count). The zero-order valence-corrected chi connectivity index (χ0v) is 40.2. The van der Waals surface area contributed by atoms with E-state index in [1.807, 2.05) is 36.4 Å². The summed E-state index contributed by atoms with van der Waals surface area (Å²) in [7, 11) is -0.748. The lowest BCUT2D eigenvalue weighted by Gasteiger charge is -2.19. The van der Waals surface area contributed by atoms with Crippen LogP contribution in [0.15, 0.2) is 84.9 Å². The Labute approximate surface area is 394 Å². The van der Waals surface area contributed by atoms with Gasteiger partial charge in [-0.05, 0) is 85.3 Å². The van der Waals surface area contributed by atoms with Gasteiger partial charge in [0.15, 0.2) is 31.3 Å². The molecule has 2 fully saturated rings. The number of para-hydroxylation sites is 2. The maximum Gasteiger partial charge on any atom is 0.157 e. The molecule has 4 heterocycles. The maximum absolute atomic E-state index is 13.1. The second kappa shape index (κ2) is 22.0. The summed E-state index contributed by atoms with van der Waals surface area (Å²) in [4.78, 5) is 0. The number of aromatic nitrogens is 6. The highest BCUT2D eigenvalue weighted by atomic mass is 35.5. The highest BCUT2D eigenvalue weighted by Crippen LogP contribution is 2.39. The highest BCUT2D eigenvalue weighted by molar-refractivity contribution is 7.90. The van der Waals surface area contributed by atoms with Crippen molar-refractivity contribution in [2.24, 2.45) is 0 Å². The molecule has 20 heteroatoms. The summed E-state index contributed by atoms with van der Waals surface area (Å²) < 4.78 is 89.2. The van der Waals surface area contributed by atoms with Crippen molar-refractivity contribution in [3.63, 3.8) is 0 Å². The largest absolute Gasteiger partial charge is 0.494 e. The molecule has 0 saturated carbocycles. The number of benzene rings is 4. The lowest BCUT2D eigenvalue weighted by atomic mass is 10.1. The average molecular weight is 984 g/mol. The van der Waals surface area contributed by atoms with Crippen LogP contribution in [0.5, 0.6) is 23.0 Å². The van der Waals surface area contributed by atoms with Crippen LogP contribution in [0, 0.1) is 0 Å². The normalized spacial score (nSPS) is 16.2. The van der Waals surface area contributed by atoms with Crippen molar-refractivity contribution in [1.82, 2.24) is 29.5 Å². The van der Waals surface area contributed by atoms with Crippen molar-refractivity contribution in [2.45, 2.75) is 49.0 Å². The molecule has 6 aromatic rings. The van der Waals surface area contributed by atoms with Gasteiger partial charge >= 0.3 is 0 Å². The Kier molecular flexibility index (Phi) is 16.3. The minimum absolute atomic E-state index is 0.00219. The van der Waals surface area contributed by atoms with Gasteiger partial charge in [-0.2, -0.15) is 0 Å². The molecule has 2 saturated heterocycles. The topological polar surface area (TPSA) is 185 Å². The van der Waals surface area contributed by atoms with E-state index in [4.69, 9.17) is 51.6 Å². The fourth-order valence-electron chi connectivity index (χ4n) is 7.83. The van der Waals surface area contributed by atoms with Crippen molar-refractivity contribution < 1.29 is 45.3 Å². The molecule has 0 spiro atoms. The van der Waals surface area contributed by atoms with Crippen LogP contribution in [0.2, 0.25) is 10.0 Å². The van der Waals surface area contributed by atoms with Gasteiger partial charge in [0, 0.05) is 35.1 Å². The van der Waals surface area contributed by atoms with Crippen LogP contribution in [0.1, 0.15) is 59.1 Å². The Morgan fingerprint density at radius 3 is 1.20 bits per heavy atom. The van der Waals surface area contributed by atoms with E-state index >= 15 is 0 Å². The molecular weight excluding hydrogens is 932 g/mol. The van der Waals surface area contributed by atoms with E-state index in [9.17, 15) is 16.8 Å². The fraction of sp³-hybridized carbons (Fsp3) is 0.391. The molecule has 0 aliphatic carbocycles. The van der Waals surface area contributed by atoms with Gasteiger partial charge < -0.3 is 28.4 Å². The molecule has 2 atom stereocenters. The Balaban J connectivity index is 0.000000196. The van der Waals surface area contributed by atoms with Crippen LogP contribution in [0.3, 0.4) is 0 Å². The van der Waals surface area contributed by atoms with Gasteiger partial charge in [-0.3, -0.25) is 9.13 Å². The first-order valence-corrected chi connectivity index (χ1v) is 25.6. The minimum atomic E-state index is -3.49. The molecule has 66 heavy (non-hydrogen) atoms. The van der Waals surface area contributed by atoms with E-state index < -0.39 is 19.7 Å². The number of halogens is 2. The zero-order valence-electron chi connectivity index (χ0n) is 37.1. The first-order valence-electron chi connectivity index (χ1n) is 21.2. The van der Waals surface area contributed by atoms with E-state index in [1.54, 1.807) is 86.1 Å². The van der Waals surface area contributed by atoms with E-state index in [0.717, 1.165) is 24.0 Å². The van der Waals surface area contributed by atoms with Gasteiger partial charge in [-0.1, -0.05) is 59.6 Å². The van der Waals surface area contributed by atoms with Gasteiger partial charge in [0.05, 0.1) is 53.2 Å². The summed E-state index contributed by atoms with van der Waals surface area (Å²) >= 11 is 11.8. The quantitative estimate of drug-likeness (QED) is 0.0842. The maximum atomic E-state index is 13.1. The highest BCUT2D eigenvalue weighted by Gasteiger charge is 2.32. The number of nitrogens with zero attached hydrogens (tertiary/aromatic N) is 6. The van der Waals surface area contributed by atoms with E-state index in [-0.39, 0.29) is 34.8 Å². The van der Waals surface area contributed by atoms with Crippen molar-refractivity contribution in [3.8, 4) is 34.4 Å². The molecule has 0 radical (unpaired) electrons. The summed E-state index contributed by atoms with van der Waals surface area (Å²) in [5.74, 6) is 3.48. The fourth-order valence-corrected chi connectivity index (χ4v) is 10.6. The Morgan fingerprint density at radius 2 is 0.894 bits per heavy atom. The van der Waals surface area contributed by atoms with E-state index in [2.05, 4.69) is 20.4 Å². The van der Waals surface area contributed by atoms with Crippen molar-refractivity contribution in [3.05, 3.63) is 129 Å². The second-order valence-electron chi connectivity index (χ2n) is 15.7. The van der Waals surface area contributed by atoms with Crippen LogP contribution in [-0.2, 0) is 53.5 Å². The molecule has 2 aliphatic heterocycles. The smallest absolute Gasteiger partial charge is 0.157 e. The number of ether oxygens (including phenoxy) is 6. The zero-order chi connectivity index (χ0) is 46.8. The first-order chi connectivity index (χ1) is 31.8. The van der Waals surface area contributed by atoms with Crippen molar-refractivity contribution >= 4 is 42.9 Å². The standard InChI is InChI=1S/2C23H26ClN3O5S/c2*1-30-19-4-3-5-20(31-2)22(19)27-21(25-26-23(27)17-10-12-32-14-17)15-33(28,29)13-11-16-6-8-18(24)9-7-16/h2*3-9,17H,10-15H2,1-2H3/t2*17-/m10/s1. The van der Waals surface area contributed by atoms with E-state index in [0.29, 0.717) is 107 Å². The van der Waals surface area contributed by atoms with Crippen molar-refractivity contribution in [1.29, 1.82) is 0 Å². The molecule has 16 nitrogen and oxygen atoms in total. The SMILES string of the molecule is COc1cccc(OC)c1-n1c(CS(=O)(=O)CCc2ccc(Cl)cc2)nnc1[C@@H]1CCOC1.COc1cccc(OC)c1-n1c(CS(=O)(=O)CCc2ccc(Cl)cc2)nnc1[C@H]1CCOC1. The third-order valence-corrected chi connectivity index (χ3v) is 14.8. The van der Waals surface area contributed by atoms with Gasteiger partial charge in [0.1, 0.15) is 57.5 Å².